The van der Waals surface area contributed by atoms with Gasteiger partial charge in [-0.25, -0.2) is 13.2 Å². The van der Waals surface area contributed by atoms with Gasteiger partial charge in [-0.1, -0.05) is 15.9 Å². The normalized spacial score (nSPS) is 21.5. The lowest BCUT2D eigenvalue weighted by molar-refractivity contribution is 0.249. The van der Waals surface area contributed by atoms with Crippen LogP contribution in [-0.2, 0) is 9.84 Å². The number of nitrogens with one attached hydrogen (secondary N) is 2. The van der Waals surface area contributed by atoms with Crippen molar-refractivity contribution in [3.8, 4) is 0 Å². The third-order valence-electron chi connectivity index (χ3n) is 2.67. The van der Waals surface area contributed by atoms with Gasteiger partial charge in [-0.15, -0.1) is 0 Å². The molecule has 1 aliphatic rings. The molecule has 1 saturated heterocycles. The second-order valence-corrected chi connectivity index (χ2v) is 7.35. The standard InChI is InChI=1S/C11H13BrN2O3S/c12-8-1-3-9(4-2-8)13-11(15)14-10-5-6-18(16,17)7-10/h1-4,10H,5-7H2,(H2,13,14,15). The summed E-state index contributed by atoms with van der Waals surface area (Å²) >= 11 is 3.30. The van der Waals surface area contributed by atoms with Crippen LogP contribution >= 0.6 is 15.9 Å². The summed E-state index contributed by atoms with van der Waals surface area (Å²) in [6, 6.07) is 6.49. The smallest absolute Gasteiger partial charge is 0.319 e. The van der Waals surface area contributed by atoms with E-state index in [0.717, 1.165) is 4.47 Å². The molecule has 1 aromatic carbocycles. The monoisotopic (exact) mass is 332 g/mol. The molecule has 18 heavy (non-hydrogen) atoms. The molecule has 0 radical (unpaired) electrons. The fraction of sp³-hybridized carbons (Fsp3) is 0.364. The van der Waals surface area contributed by atoms with E-state index in [0.29, 0.717) is 12.1 Å². The van der Waals surface area contributed by atoms with Gasteiger partial charge in [-0.2, -0.15) is 0 Å². The molecule has 2 N–H and O–H groups in total. The van der Waals surface area contributed by atoms with Crippen molar-refractivity contribution in [1.29, 1.82) is 0 Å². The van der Waals surface area contributed by atoms with Crippen LogP contribution in [0.25, 0.3) is 0 Å². The molecule has 0 bridgehead atoms. The summed E-state index contributed by atoms with van der Waals surface area (Å²) in [6.45, 7) is 0. The van der Waals surface area contributed by atoms with Gasteiger partial charge in [0.2, 0.25) is 0 Å². The van der Waals surface area contributed by atoms with Gasteiger partial charge >= 0.3 is 6.03 Å². The number of halogens is 1. The van der Waals surface area contributed by atoms with E-state index in [2.05, 4.69) is 26.6 Å². The predicted octanol–water partition coefficient (Wildman–Crippen LogP) is 1.76. The zero-order valence-corrected chi connectivity index (χ0v) is 11.9. The Bertz CT molecular complexity index is 542. The van der Waals surface area contributed by atoms with Gasteiger partial charge in [0.1, 0.15) is 0 Å². The Morgan fingerprint density at radius 3 is 2.50 bits per heavy atom. The molecule has 0 saturated carbocycles. The van der Waals surface area contributed by atoms with E-state index >= 15 is 0 Å². The fourth-order valence-electron chi connectivity index (χ4n) is 1.79. The van der Waals surface area contributed by atoms with Crippen LogP contribution in [0.4, 0.5) is 10.5 Å². The minimum Gasteiger partial charge on any atom is -0.334 e. The van der Waals surface area contributed by atoms with Crippen molar-refractivity contribution in [3.63, 3.8) is 0 Å². The Balaban J connectivity index is 1.88. The van der Waals surface area contributed by atoms with E-state index in [1.165, 1.54) is 0 Å². The molecule has 0 aromatic heterocycles. The number of sulfone groups is 1. The van der Waals surface area contributed by atoms with Crippen molar-refractivity contribution in [2.45, 2.75) is 12.5 Å². The summed E-state index contributed by atoms with van der Waals surface area (Å²) in [7, 11) is -2.97. The molecule has 2 amide bonds. The number of benzene rings is 1. The number of amides is 2. The highest BCUT2D eigenvalue weighted by Crippen LogP contribution is 2.15. The Morgan fingerprint density at radius 2 is 1.94 bits per heavy atom. The van der Waals surface area contributed by atoms with Crippen LogP contribution in [0.15, 0.2) is 28.7 Å². The first kappa shape index (κ1) is 13.4. The number of rotatable bonds is 2. The molecule has 1 atom stereocenters. The number of carbonyl (C=O) groups excluding carboxylic acids is 1. The van der Waals surface area contributed by atoms with Crippen LogP contribution in [0.1, 0.15) is 6.42 Å². The summed E-state index contributed by atoms with van der Waals surface area (Å²) in [5.41, 5.74) is 0.663. The van der Waals surface area contributed by atoms with Crippen molar-refractivity contribution in [3.05, 3.63) is 28.7 Å². The number of hydrogen-bond acceptors (Lipinski definition) is 3. The van der Waals surface area contributed by atoms with Gasteiger partial charge in [0.25, 0.3) is 0 Å². The van der Waals surface area contributed by atoms with Gasteiger partial charge in [-0.3, -0.25) is 0 Å². The van der Waals surface area contributed by atoms with Crippen LogP contribution in [0.3, 0.4) is 0 Å². The van der Waals surface area contributed by atoms with E-state index in [-0.39, 0.29) is 23.6 Å². The topological polar surface area (TPSA) is 75.3 Å². The molecule has 1 unspecified atom stereocenters. The lowest BCUT2D eigenvalue weighted by Gasteiger charge is -2.12. The Kier molecular flexibility index (Phi) is 3.91. The van der Waals surface area contributed by atoms with Crippen LogP contribution in [-0.4, -0.2) is 32.0 Å². The maximum Gasteiger partial charge on any atom is 0.319 e. The van der Waals surface area contributed by atoms with E-state index in [1.807, 2.05) is 12.1 Å². The molecule has 5 nitrogen and oxygen atoms in total. The highest BCUT2D eigenvalue weighted by molar-refractivity contribution is 9.10. The number of carbonyl (C=O) groups is 1. The van der Waals surface area contributed by atoms with Crippen molar-refractivity contribution in [2.75, 3.05) is 16.8 Å². The first-order chi connectivity index (χ1) is 8.44. The van der Waals surface area contributed by atoms with Gasteiger partial charge in [0.05, 0.1) is 11.5 Å². The van der Waals surface area contributed by atoms with Crippen LogP contribution in [0.5, 0.6) is 0 Å². The van der Waals surface area contributed by atoms with Crippen LogP contribution in [0, 0.1) is 0 Å². The Labute approximate surface area is 114 Å². The lowest BCUT2D eigenvalue weighted by atomic mass is 10.3. The van der Waals surface area contributed by atoms with Crippen molar-refractivity contribution in [1.82, 2.24) is 5.32 Å². The summed E-state index contributed by atoms with van der Waals surface area (Å²) in [5, 5.41) is 5.31. The molecular weight excluding hydrogens is 320 g/mol. The molecule has 1 aliphatic heterocycles. The highest BCUT2D eigenvalue weighted by Gasteiger charge is 2.28. The lowest BCUT2D eigenvalue weighted by Crippen LogP contribution is -2.38. The molecule has 7 heteroatoms. The van der Waals surface area contributed by atoms with Gasteiger partial charge in [-0.05, 0) is 30.7 Å². The van der Waals surface area contributed by atoms with Crippen LogP contribution < -0.4 is 10.6 Å². The van der Waals surface area contributed by atoms with Crippen molar-refractivity contribution < 1.29 is 13.2 Å². The predicted molar refractivity (Wildman–Crippen MR) is 73.4 cm³/mol. The summed E-state index contributed by atoms with van der Waals surface area (Å²) in [6.07, 6.45) is 0.482. The third-order valence-corrected chi connectivity index (χ3v) is 4.97. The van der Waals surface area contributed by atoms with E-state index in [1.54, 1.807) is 12.1 Å². The SMILES string of the molecule is O=C(Nc1ccc(Br)cc1)NC1CCS(=O)(=O)C1. The Hall–Kier alpha value is -1.08. The van der Waals surface area contributed by atoms with E-state index < -0.39 is 9.84 Å². The number of anilines is 1. The molecule has 0 aliphatic carbocycles. The van der Waals surface area contributed by atoms with Gasteiger partial charge in [0, 0.05) is 16.2 Å². The molecular formula is C11H13BrN2O3S. The first-order valence-electron chi connectivity index (χ1n) is 5.48. The first-order valence-corrected chi connectivity index (χ1v) is 8.09. The molecule has 0 spiro atoms. The quantitative estimate of drug-likeness (QED) is 0.866. The summed E-state index contributed by atoms with van der Waals surface area (Å²) in [5.74, 6) is 0.178. The second-order valence-electron chi connectivity index (χ2n) is 4.21. The maximum atomic E-state index is 11.6. The minimum absolute atomic E-state index is 0.0285. The second kappa shape index (κ2) is 5.27. The average molecular weight is 333 g/mol. The van der Waals surface area contributed by atoms with E-state index in [4.69, 9.17) is 0 Å². The van der Waals surface area contributed by atoms with Gasteiger partial charge < -0.3 is 10.6 Å². The highest BCUT2D eigenvalue weighted by atomic mass is 79.9. The molecule has 98 valence electrons. The molecule has 2 rings (SSSR count). The van der Waals surface area contributed by atoms with Gasteiger partial charge in [0.15, 0.2) is 9.84 Å². The van der Waals surface area contributed by atoms with Crippen molar-refractivity contribution in [2.24, 2.45) is 0 Å². The third kappa shape index (κ3) is 3.71. The number of hydrogen-bond donors (Lipinski definition) is 2. The molecule has 1 aromatic rings. The Morgan fingerprint density at radius 1 is 1.28 bits per heavy atom. The number of urea groups is 1. The molecule has 1 fully saturated rings. The maximum absolute atomic E-state index is 11.6. The summed E-state index contributed by atoms with van der Waals surface area (Å²) < 4.78 is 23.4. The minimum atomic E-state index is -2.97. The fourth-order valence-corrected chi connectivity index (χ4v) is 3.73. The van der Waals surface area contributed by atoms with Crippen molar-refractivity contribution >= 4 is 37.5 Å². The summed E-state index contributed by atoms with van der Waals surface area (Å²) in [4.78, 5) is 11.6. The van der Waals surface area contributed by atoms with Crippen LogP contribution in [0.2, 0.25) is 0 Å². The zero-order chi connectivity index (χ0) is 13.2. The largest absolute Gasteiger partial charge is 0.334 e. The zero-order valence-electron chi connectivity index (χ0n) is 9.52. The van der Waals surface area contributed by atoms with E-state index in [9.17, 15) is 13.2 Å². The molecule has 1 heterocycles. The average Bonchev–Trinajstić information content (AvgIpc) is 2.61.